The number of fused-ring (bicyclic) bond motifs is 1. The molecule has 0 spiro atoms. The monoisotopic (exact) mass is 274 g/mol. The number of allylic oxidation sites excluding steroid dienone is 4. The van der Waals surface area contributed by atoms with Crippen molar-refractivity contribution < 1.29 is 0 Å². The zero-order chi connectivity index (χ0) is 15.1. The fraction of sp³-hybridized carbons (Fsp3) is 0.800. The lowest BCUT2D eigenvalue weighted by Crippen LogP contribution is -2.45. The highest BCUT2D eigenvalue weighted by atomic mass is 14.5. The van der Waals surface area contributed by atoms with Gasteiger partial charge in [0, 0.05) is 0 Å². The third-order valence-electron chi connectivity index (χ3n) is 6.58. The predicted octanol–water partition coefficient (Wildman–Crippen LogP) is 6.53. The maximum Gasteiger partial charge on any atom is -0.00799 e. The molecule has 0 radical (unpaired) electrons. The molecule has 0 aromatic carbocycles. The molecule has 2 rings (SSSR count). The Morgan fingerprint density at radius 3 is 2.45 bits per heavy atom. The quantitative estimate of drug-likeness (QED) is 0.537. The third-order valence-corrected chi connectivity index (χ3v) is 6.58. The maximum atomic E-state index is 2.55. The molecular formula is C20H34. The molecule has 0 bridgehead atoms. The Bertz CT molecular complexity index is 433. The third kappa shape index (κ3) is 2.63. The summed E-state index contributed by atoms with van der Waals surface area (Å²) in [4.78, 5) is 0. The molecule has 0 N–H and O–H groups in total. The van der Waals surface area contributed by atoms with Crippen LogP contribution in [0, 0.1) is 22.7 Å². The van der Waals surface area contributed by atoms with Crippen LogP contribution in [-0.4, -0.2) is 0 Å². The molecule has 0 nitrogen and oxygen atoms in total. The molecule has 2 aliphatic carbocycles. The number of hydrogen-bond acceptors (Lipinski definition) is 0. The zero-order valence-corrected chi connectivity index (χ0v) is 14.8. The fourth-order valence-electron chi connectivity index (χ4n) is 4.76. The van der Waals surface area contributed by atoms with Gasteiger partial charge in [0.05, 0.1) is 0 Å². The summed E-state index contributed by atoms with van der Waals surface area (Å²) in [7, 11) is 0. The normalized spacial score (nSPS) is 34.4. The molecule has 20 heavy (non-hydrogen) atoms. The SMILES string of the molecule is CC1=C(/C=C(\C)C(C)C)CCC2C(C)(C)CCCC12C. The highest BCUT2D eigenvalue weighted by Crippen LogP contribution is 2.59. The minimum Gasteiger partial charge on any atom is -0.0705 e. The number of rotatable bonds is 2. The van der Waals surface area contributed by atoms with E-state index in [1.165, 1.54) is 37.7 Å². The van der Waals surface area contributed by atoms with Gasteiger partial charge in [0.2, 0.25) is 0 Å². The summed E-state index contributed by atoms with van der Waals surface area (Å²) >= 11 is 0. The topological polar surface area (TPSA) is 0 Å². The summed E-state index contributed by atoms with van der Waals surface area (Å²) in [6, 6.07) is 0. The first-order chi connectivity index (χ1) is 9.18. The summed E-state index contributed by atoms with van der Waals surface area (Å²) in [5.41, 5.74) is 5.85. The molecular weight excluding hydrogens is 240 g/mol. The summed E-state index contributed by atoms with van der Waals surface area (Å²) in [6.07, 6.45) is 9.39. The first kappa shape index (κ1) is 15.9. The molecule has 0 amide bonds. The standard InChI is InChI=1S/C20H34/c1-14(2)15(3)13-17-9-10-18-19(5,6)11-8-12-20(18,7)16(17)4/h13-14,18H,8-12H2,1-7H3/b15-13+. The van der Waals surface area contributed by atoms with Crippen molar-refractivity contribution in [2.24, 2.45) is 22.7 Å². The molecule has 0 aromatic rings. The number of hydrogen-bond donors (Lipinski definition) is 0. The van der Waals surface area contributed by atoms with Crippen LogP contribution in [0.2, 0.25) is 0 Å². The summed E-state index contributed by atoms with van der Waals surface area (Å²) in [5, 5.41) is 0. The van der Waals surface area contributed by atoms with Gasteiger partial charge in [-0.2, -0.15) is 0 Å². The molecule has 114 valence electrons. The second kappa shape index (κ2) is 5.35. The van der Waals surface area contributed by atoms with Crippen LogP contribution in [0.5, 0.6) is 0 Å². The van der Waals surface area contributed by atoms with Gasteiger partial charge >= 0.3 is 0 Å². The zero-order valence-electron chi connectivity index (χ0n) is 14.8. The van der Waals surface area contributed by atoms with Crippen molar-refractivity contribution >= 4 is 0 Å². The van der Waals surface area contributed by atoms with E-state index in [2.05, 4.69) is 54.5 Å². The van der Waals surface area contributed by atoms with Crippen LogP contribution in [0.4, 0.5) is 0 Å². The molecule has 2 atom stereocenters. The van der Waals surface area contributed by atoms with Crippen molar-refractivity contribution in [3.63, 3.8) is 0 Å². The van der Waals surface area contributed by atoms with E-state index < -0.39 is 0 Å². The minimum absolute atomic E-state index is 0.448. The van der Waals surface area contributed by atoms with Gasteiger partial charge in [-0.1, -0.05) is 58.3 Å². The van der Waals surface area contributed by atoms with E-state index in [0.29, 0.717) is 16.7 Å². The average Bonchev–Trinajstić information content (AvgIpc) is 2.33. The van der Waals surface area contributed by atoms with Crippen LogP contribution in [0.1, 0.15) is 80.6 Å². The predicted molar refractivity (Wildman–Crippen MR) is 89.8 cm³/mol. The van der Waals surface area contributed by atoms with Gasteiger partial charge in [-0.15, -0.1) is 0 Å². The second-order valence-corrected chi connectivity index (χ2v) is 8.54. The molecule has 0 heteroatoms. The lowest BCUT2D eigenvalue weighted by atomic mass is 9.50. The molecule has 0 heterocycles. The van der Waals surface area contributed by atoms with E-state index in [4.69, 9.17) is 0 Å². The Morgan fingerprint density at radius 2 is 1.85 bits per heavy atom. The maximum absolute atomic E-state index is 2.55. The lowest BCUT2D eigenvalue weighted by molar-refractivity contribution is 0.0134. The Kier molecular flexibility index (Phi) is 4.24. The van der Waals surface area contributed by atoms with Crippen LogP contribution in [0.25, 0.3) is 0 Å². The van der Waals surface area contributed by atoms with Crippen molar-refractivity contribution in [2.45, 2.75) is 80.6 Å². The van der Waals surface area contributed by atoms with Crippen molar-refractivity contribution in [3.05, 3.63) is 22.8 Å². The molecule has 0 aliphatic heterocycles. The fourth-order valence-corrected chi connectivity index (χ4v) is 4.76. The van der Waals surface area contributed by atoms with Crippen LogP contribution >= 0.6 is 0 Å². The van der Waals surface area contributed by atoms with Crippen molar-refractivity contribution in [3.8, 4) is 0 Å². The highest BCUT2D eigenvalue weighted by Gasteiger charge is 2.49. The van der Waals surface area contributed by atoms with E-state index >= 15 is 0 Å². The summed E-state index contributed by atoms with van der Waals surface area (Å²) in [6.45, 7) is 16.9. The van der Waals surface area contributed by atoms with Crippen LogP contribution < -0.4 is 0 Å². The molecule has 2 unspecified atom stereocenters. The minimum atomic E-state index is 0.448. The Labute approximate surface area is 126 Å². The van der Waals surface area contributed by atoms with E-state index in [0.717, 1.165) is 5.92 Å². The van der Waals surface area contributed by atoms with Crippen LogP contribution in [0.3, 0.4) is 0 Å². The lowest BCUT2D eigenvalue weighted by Gasteiger charge is -2.54. The van der Waals surface area contributed by atoms with E-state index in [-0.39, 0.29) is 0 Å². The molecule has 1 fully saturated rings. The first-order valence-electron chi connectivity index (χ1n) is 8.57. The molecule has 0 aromatic heterocycles. The van der Waals surface area contributed by atoms with Crippen LogP contribution in [-0.2, 0) is 0 Å². The van der Waals surface area contributed by atoms with E-state index in [1.54, 1.807) is 11.1 Å². The smallest absolute Gasteiger partial charge is 0.00799 e. The first-order valence-corrected chi connectivity index (χ1v) is 8.57. The van der Waals surface area contributed by atoms with Crippen molar-refractivity contribution in [2.75, 3.05) is 0 Å². The summed E-state index contributed by atoms with van der Waals surface area (Å²) in [5.74, 6) is 1.55. The Hall–Kier alpha value is -0.520. The van der Waals surface area contributed by atoms with Crippen molar-refractivity contribution in [1.29, 1.82) is 0 Å². The van der Waals surface area contributed by atoms with Gasteiger partial charge in [0.1, 0.15) is 0 Å². The van der Waals surface area contributed by atoms with Gasteiger partial charge in [0.25, 0.3) is 0 Å². The van der Waals surface area contributed by atoms with Gasteiger partial charge in [0.15, 0.2) is 0 Å². The summed E-state index contributed by atoms with van der Waals surface area (Å²) < 4.78 is 0. The van der Waals surface area contributed by atoms with Gasteiger partial charge in [-0.25, -0.2) is 0 Å². The molecule has 1 saturated carbocycles. The Balaban J connectivity index is 2.39. The van der Waals surface area contributed by atoms with E-state index in [1.807, 2.05) is 0 Å². The molecule has 0 saturated heterocycles. The Morgan fingerprint density at radius 1 is 1.20 bits per heavy atom. The van der Waals surface area contributed by atoms with Crippen LogP contribution in [0.15, 0.2) is 22.8 Å². The average molecular weight is 274 g/mol. The highest BCUT2D eigenvalue weighted by molar-refractivity contribution is 5.35. The van der Waals surface area contributed by atoms with Gasteiger partial charge in [-0.3, -0.25) is 0 Å². The van der Waals surface area contributed by atoms with E-state index in [9.17, 15) is 0 Å². The second-order valence-electron chi connectivity index (χ2n) is 8.54. The van der Waals surface area contributed by atoms with Gasteiger partial charge in [-0.05, 0) is 67.8 Å². The van der Waals surface area contributed by atoms with Crippen molar-refractivity contribution in [1.82, 2.24) is 0 Å². The molecule has 2 aliphatic rings. The largest absolute Gasteiger partial charge is 0.0705 e. The van der Waals surface area contributed by atoms with Gasteiger partial charge < -0.3 is 0 Å².